The molecule has 1 unspecified atom stereocenters. The predicted octanol–water partition coefficient (Wildman–Crippen LogP) is -0.00300. The van der Waals surface area contributed by atoms with Gasteiger partial charge in [0.2, 0.25) is 11.9 Å². The van der Waals surface area contributed by atoms with E-state index in [9.17, 15) is 9.59 Å². The fraction of sp³-hybridized carbons (Fsp3) is 0.400. The zero-order chi connectivity index (χ0) is 16.7. The molecule has 4 rings (SSSR count). The molecule has 2 fully saturated rings. The van der Waals surface area contributed by atoms with Gasteiger partial charge in [-0.3, -0.25) is 14.6 Å². The molecule has 2 N–H and O–H groups in total. The average molecular weight is 344 g/mol. The molecule has 2 aliphatic rings. The van der Waals surface area contributed by atoms with Crippen molar-refractivity contribution in [3.05, 3.63) is 35.0 Å². The van der Waals surface area contributed by atoms with Crippen molar-refractivity contribution in [2.45, 2.75) is 0 Å². The Hall–Kier alpha value is -2.55. The molecule has 2 aromatic rings. The number of carbonyl (C=O) groups is 2. The summed E-state index contributed by atoms with van der Waals surface area (Å²) in [6.45, 7) is 2.12. The van der Waals surface area contributed by atoms with E-state index in [0.29, 0.717) is 37.0 Å². The SMILES string of the molecule is NC(=O)C1CN(C(=O)c2cncs2)CC12CN(c1ncccn1)C2. The van der Waals surface area contributed by atoms with Crippen LogP contribution in [0.5, 0.6) is 0 Å². The molecule has 124 valence electrons. The minimum absolute atomic E-state index is 0.0879. The Kier molecular flexibility index (Phi) is 3.45. The van der Waals surface area contributed by atoms with Gasteiger partial charge in [-0.1, -0.05) is 0 Å². The lowest BCUT2D eigenvalue weighted by molar-refractivity contribution is -0.124. The average Bonchev–Trinajstić information content (AvgIpc) is 3.21. The quantitative estimate of drug-likeness (QED) is 0.840. The highest BCUT2D eigenvalue weighted by Crippen LogP contribution is 2.45. The third-order valence-electron chi connectivity index (χ3n) is 4.77. The number of hydrogen-bond donors (Lipinski definition) is 1. The summed E-state index contributed by atoms with van der Waals surface area (Å²) in [7, 11) is 0. The van der Waals surface area contributed by atoms with Crippen LogP contribution in [0.1, 0.15) is 9.67 Å². The van der Waals surface area contributed by atoms with Gasteiger partial charge in [-0.25, -0.2) is 9.97 Å². The zero-order valence-electron chi connectivity index (χ0n) is 12.8. The van der Waals surface area contributed by atoms with Crippen molar-refractivity contribution >= 4 is 29.1 Å². The first-order valence-corrected chi connectivity index (χ1v) is 8.46. The number of hydrogen-bond acceptors (Lipinski definition) is 7. The maximum absolute atomic E-state index is 12.6. The Morgan fingerprint density at radius 3 is 2.62 bits per heavy atom. The number of aromatic nitrogens is 3. The van der Waals surface area contributed by atoms with Crippen LogP contribution < -0.4 is 10.6 Å². The molecule has 4 heterocycles. The molecule has 0 aromatic carbocycles. The van der Waals surface area contributed by atoms with Gasteiger partial charge in [0, 0.05) is 44.0 Å². The Morgan fingerprint density at radius 1 is 1.25 bits per heavy atom. The van der Waals surface area contributed by atoms with E-state index in [-0.39, 0.29) is 23.1 Å². The van der Waals surface area contributed by atoms with Crippen molar-refractivity contribution < 1.29 is 9.59 Å². The van der Waals surface area contributed by atoms with Crippen LogP contribution in [0, 0.1) is 11.3 Å². The van der Waals surface area contributed by atoms with Crippen molar-refractivity contribution in [3.8, 4) is 0 Å². The standard InChI is InChI=1S/C15H16N6O2S/c16-12(22)10-5-20(13(23)11-4-17-9-24-11)6-15(10)7-21(8-15)14-18-2-1-3-19-14/h1-4,9-10H,5-8H2,(H2,16,22). The van der Waals surface area contributed by atoms with E-state index in [0.717, 1.165) is 0 Å². The molecular weight excluding hydrogens is 328 g/mol. The number of carbonyl (C=O) groups excluding carboxylic acids is 2. The number of anilines is 1. The van der Waals surface area contributed by atoms with Crippen LogP contribution >= 0.6 is 11.3 Å². The molecule has 2 aliphatic heterocycles. The van der Waals surface area contributed by atoms with Crippen LogP contribution in [0.2, 0.25) is 0 Å². The molecule has 0 radical (unpaired) electrons. The lowest BCUT2D eigenvalue weighted by Crippen LogP contribution is -2.63. The summed E-state index contributed by atoms with van der Waals surface area (Å²) < 4.78 is 0. The van der Waals surface area contributed by atoms with Gasteiger partial charge in [0.1, 0.15) is 4.88 Å². The van der Waals surface area contributed by atoms with Gasteiger partial charge < -0.3 is 15.5 Å². The van der Waals surface area contributed by atoms with Crippen molar-refractivity contribution in [2.24, 2.45) is 17.1 Å². The van der Waals surface area contributed by atoms with Gasteiger partial charge in [0.25, 0.3) is 5.91 Å². The first kappa shape index (κ1) is 15.0. The lowest BCUT2D eigenvalue weighted by Gasteiger charge is -2.50. The molecule has 2 amide bonds. The second kappa shape index (κ2) is 5.52. The molecule has 24 heavy (non-hydrogen) atoms. The van der Waals surface area contributed by atoms with Crippen LogP contribution in [0.25, 0.3) is 0 Å². The van der Waals surface area contributed by atoms with Gasteiger partial charge in [0.05, 0.1) is 17.6 Å². The number of primary amides is 1. The maximum atomic E-state index is 12.6. The highest BCUT2D eigenvalue weighted by atomic mass is 32.1. The summed E-state index contributed by atoms with van der Waals surface area (Å²) in [5.74, 6) is -0.161. The highest BCUT2D eigenvalue weighted by Gasteiger charge is 2.57. The summed E-state index contributed by atoms with van der Waals surface area (Å²) >= 11 is 1.30. The molecule has 9 heteroatoms. The Bertz CT molecular complexity index is 760. The van der Waals surface area contributed by atoms with E-state index in [2.05, 4.69) is 15.0 Å². The summed E-state index contributed by atoms with van der Waals surface area (Å²) in [6, 6.07) is 1.76. The molecule has 1 spiro atoms. The normalized spacial score (nSPS) is 21.8. The number of thiazole rings is 1. The molecule has 0 saturated carbocycles. The van der Waals surface area contributed by atoms with E-state index in [1.165, 1.54) is 11.3 Å². The molecule has 0 bridgehead atoms. The van der Waals surface area contributed by atoms with Crippen LogP contribution in [0.15, 0.2) is 30.2 Å². The smallest absolute Gasteiger partial charge is 0.265 e. The van der Waals surface area contributed by atoms with Crippen molar-refractivity contribution in [3.63, 3.8) is 0 Å². The monoisotopic (exact) mass is 344 g/mol. The van der Waals surface area contributed by atoms with Crippen molar-refractivity contribution in [1.29, 1.82) is 0 Å². The maximum Gasteiger partial charge on any atom is 0.265 e. The summed E-state index contributed by atoms with van der Waals surface area (Å²) in [5, 5.41) is 0. The summed E-state index contributed by atoms with van der Waals surface area (Å²) in [6.07, 6.45) is 4.93. The van der Waals surface area contributed by atoms with E-state index in [1.54, 1.807) is 35.1 Å². The number of amides is 2. The van der Waals surface area contributed by atoms with E-state index < -0.39 is 0 Å². The molecule has 0 aliphatic carbocycles. The van der Waals surface area contributed by atoms with Crippen LogP contribution in [0.3, 0.4) is 0 Å². The highest BCUT2D eigenvalue weighted by molar-refractivity contribution is 7.11. The fourth-order valence-corrected chi connectivity index (χ4v) is 4.21. The molecule has 2 saturated heterocycles. The van der Waals surface area contributed by atoms with Crippen LogP contribution in [-0.4, -0.2) is 57.8 Å². The first-order valence-electron chi connectivity index (χ1n) is 7.58. The third kappa shape index (κ3) is 2.32. The topological polar surface area (TPSA) is 105 Å². The second-order valence-electron chi connectivity index (χ2n) is 6.27. The Morgan fingerprint density at radius 2 is 2.00 bits per heavy atom. The number of nitrogens with zero attached hydrogens (tertiary/aromatic N) is 5. The van der Waals surface area contributed by atoms with E-state index in [4.69, 9.17) is 5.73 Å². The summed E-state index contributed by atoms with van der Waals surface area (Å²) in [5.41, 5.74) is 6.92. The fourth-order valence-electron chi connectivity index (χ4n) is 3.62. The van der Waals surface area contributed by atoms with E-state index >= 15 is 0 Å². The zero-order valence-corrected chi connectivity index (χ0v) is 13.6. The van der Waals surface area contributed by atoms with Gasteiger partial charge in [0.15, 0.2) is 0 Å². The molecular formula is C15H16N6O2S. The predicted molar refractivity (Wildman–Crippen MR) is 87.4 cm³/mol. The van der Waals surface area contributed by atoms with Crippen LogP contribution in [0.4, 0.5) is 5.95 Å². The second-order valence-corrected chi connectivity index (χ2v) is 7.16. The van der Waals surface area contributed by atoms with Gasteiger partial charge in [-0.2, -0.15) is 0 Å². The number of likely N-dealkylation sites (tertiary alicyclic amines) is 1. The molecule has 1 atom stereocenters. The van der Waals surface area contributed by atoms with Gasteiger partial charge >= 0.3 is 0 Å². The molecule has 2 aromatic heterocycles. The number of rotatable bonds is 3. The van der Waals surface area contributed by atoms with Crippen molar-refractivity contribution in [2.75, 3.05) is 31.1 Å². The lowest BCUT2D eigenvalue weighted by atomic mass is 9.71. The minimum atomic E-state index is -0.358. The van der Waals surface area contributed by atoms with Gasteiger partial charge in [-0.05, 0) is 6.07 Å². The number of nitrogens with two attached hydrogens (primary N) is 1. The minimum Gasteiger partial charge on any atom is -0.369 e. The van der Waals surface area contributed by atoms with Crippen molar-refractivity contribution in [1.82, 2.24) is 19.9 Å². The third-order valence-corrected chi connectivity index (χ3v) is 5.53. The largest absolute Gasteiger partial charge is 0.369 e. The van der Waals surface area contributed by atoms with Gasteiger partial charge in [-0.15, -0.1) is 11.3 Å². The summed E-state index contributed by atoms with van der Waals surface area (Å²) in [4.78, 5) is 41.2. The first-order chi connectivity index (χ1) is 11.6. The van der Waals surface area contributed by atoms with E-state index in [1.807, 2.05) is 4.90 Å². The molecule has 8 nitrogen and oxygen atoms in total. The Labute approximate surface area is 142 Å². The van der Waals surface area contributed by atoms with Crippen LogP contribution in [-0.2, 0) is 4.79 Å². The Balaban J connectivity index is 1.53.